The molecule has 2 heterocycles. The lowest BCUT2D eigenvalue weighted by Gasteiger charge is -2.33. The molecule has 1 aliphatic heterocycles. The van der Waals surface area contributed by atoms with Crippen molar-refractivity contribution >= 4 is 11.9 Å². The maximum Gasteiger partial charge on any atom is 0.326 e. The van der Waals surface area contributed by atoms with Crippen LogP contribution < -0.4 is 0 Å². The standard InChI is InChI=1S/C16H20N2O3/c19-15(8-11-4-3-7-17-10-11)18-13-6-2-1-5-12(13)9-14(18)16(20)21/h3-4,7,10,12-14H,1-2,5-6,8-9H2,(H,20,21)/t12-,13+,14+/m1/s1. The van der Waals surface area contributed by atoms with Crippen molar-refractivity contribution in [1.29, 1.82) is 0 Å². The van der Waals surface area contributed by atoms with Gasteiger partial charge in [0.05, 0.1) is 6.42 Å². The summed E-state index contributed by atoms with van der Waals surface area (Å²) in [6.07, 6.45) is 8.41. The van der Waals surface area contributed by atoms with Crippen molar-refractivity contribution in [1.82, 2.24) is 9.88 Å². The Hall–Kier alpha value is -1.91. The fourth-order valence-corrected chi connectivity index (χ4v) is 3.81. The minimum absolute atomic E-state index is 0.0789. The number of amides is 1. The number of hydrogen-bond donors (Lipinski definition) is 1. The number of aliphatic carboxylic acids is 1. The van der Waals surface area contributed by atoms with Crippen molar-refractivity contribution in [3.8, 4) is 0 Å². The lowest BCUT2D eigenvalue weighted by molar-refractivity contribution is -0.149. The van der Waals surface area contributed by atoms with E-state index in [1.807, 2.05) is 6.07 Å². The zero-order chi connectivity index (χ0) is 14.8. The average Bonchev–Trinajstić information content (AvgIpc) is 2.88. The molecule has 5 heteroatoms. The van der Waals surface area contributed by atoms with Crippen LogP contribution in [-0.2, 0) is 16.0 Å². The molecule has 1 saturated heterocycles. The van der Waals surface area contributed by atoms with E-state index in [1.165, 1.54) is 0 Å². The number of pyridine rings is 1. The summed E-state index contributed by atoms with van der Waals surface area (Å²) in [5.41, 5.74) is 0.839. The van der Waals surface area contributed by atoms with E-state index in [0.717, 1.165) is 31.2 Å². The van der Waals surface area contributed by atoms with Crippen molar-refractivity contribution in [3.05, 3.63) is 30.1 Å². The van der Waals surface area contributed by atoms with Gasteiger partial charge in [0.15, 0.2) is 0 Å². The van der Waals surface area contributed by atoms with Gasteiger partial charge in [-0.05, 0) is 36.8 Å². The van der Waals surface area contributed by atoms with Crippen LogP contribution >= 0.6 is 0 Å². The van der Waals surface area contributed by atoms with Crippen LogP contribution in [0.15, 0.2) is 24.5 Å². The fourth-order valence-electron chi connectivity index (χ4n) is 3.81. The average molecular weight is 288 g/mol. The highest BCUT2D eigenvalue weighted by atomic mass is 16.4. The summed E-state index contributed by atoms with van der Waals surface area (Å²) in [5, 5.41) is 9.44. The van der Waals surface area contributed by atoms with E-state index in [0.29, 0.717) is 12.3 Å². The van der Waals surface area contributed by atoms with Gasteiger partial charge in [-0.1, -0.05) is 18.9 Å². The number of carbonyl (C=O) groups excluding carboxylic acids is 1. The smallest absolute Gasteiger partial charge is 0.326 e. The fraction of sp³-hybridized carbons (Fsp3) is 0.562. The van der Waals surface area contributed by atoms with Crippen LogP contribution in [0.3, 0.4) is 0 Å². The van der Waals surface area contributed by atoms with Crippen LogP contribution in [0, 0.1) is 5.92 Å². The van der Waals surface area contributed by atoms with Gasteiger partial charge in [0.1, 0.15) is 6.04 Å². The first-order valence-electron chi connectivity index (χ1n) is 7.59. The first-order chi connectivity index (χ1) is 10.2. The second-order valence-electron chi connectivity index (χ2n) is 6.04. The Morgan fingerprint density at radius 3 is 2.86 bits per heavy atom. The predicted molar refractivity (Wildman–Crippen MR) is 76.6 cm³/mol. The second kappa shape index (κ2) is 5.84. The normalized spacial score (nSPS) is 28.2. The Morgan fingerprint density at radius 2 is 2.14 bits per heavy atom. The van der Waals surface area contributed by atoms with Gasteiger partial charge in [0.25, 0.3) is 0 Å². The molecule has 3 atom stereocenters. The molecular formula is C16H20N2O3. The Kier molecular flexibility index (Phi) is 3.90. The van der Waals surface area contributed by atoms with Gasteiger partial charge in [-0.25, -0.2) is 4.79 Å². The number of hydrogen-bond acceptors (Lipinski definition) is 3. The van der Waals surface area contributed by atoms with Crippen LogP contribution in [0.2, 0.25) is 0 Å². The van der Waals surface area contributed by atoms with E-state index >= 15 is 0 Å². The number of carbonyl (C=O) groups is 2. The topological polar surface area (TPSA) is 70.5 Å². The first kappa shape index (κ1) is 14.0. The number of carboxylic acid groups (broad SMARTS) is 1. The van der Waals surface area contributed by atoms with Gasteiger partial charge in [-0.2, -0.15) is 0 Å². The number of likely N-dealkylation sites (tertiary alicyclic amines) is 1. The molecule has 1 aromatic heterocycles. The summed E-state index contributed by atoms with van der Waals surface area (Å²) in [6.45, 7) is 0. The third kappa shape index (κ3) is 2.77. The summed E-state index contributed by atoms with van der Waals surface area (Å²) in [4.78, 5) is 29.8. The minimum Gasteiger partial charge on any atom is -0.480 e. The zero-order valence-electron chi connectivity index (χ0n) is 11.9. The molecule has 3 rings (SSSR count). The van der Waals surface area contributed by atoms with Gasteiger partial charge in [0, 0.05) is 18.4 Å². The minimum atomic E-state index is -0.871. The SMILES string of the molecule is O=C(O)[C@@H]1C[C@H]2CCCC[C@@H]2N1C(=O)Cc1cccnc1. The molecule has 0 spiro atoms. The van der Waals surface area contributed by atoms with E-state index < -0.39 is 12.0 Å². The summed E-state index contributed by atoms with van der Waals surface area (Å²) in [6, 6.07) is 3.12. The van der Waals surface area contributed by atoms with Gasteiger partial charge in [-0.3, -0.25) is 9.78 Å². The van der Waals surface area contributed by atoms with Gasteiger partial charge in [-0.15, -0.1) is 0 Å². The molecule has 2 aliphatic rings. The van der Waals surface area contributed by atoms with E-state index in [9.17, 15) is 14.7 Å². The summed E-state index contributed by atoms with van der Waals surface area (Å²) < 4.78 is 0. The quantitative estimate of drug-likeness (QED) is 0.921. The zero-order valence-corrected chi connectivity index (χ0v) is 11.9. The number of nitrogens with zero attached hydrogens (tertiary/aromatic N) is 2. The van der Waals surface area contributed by atoms with Crippen molar-refractivity contribution < 1.29 is 14.7 Å². The first-order valence-corrected chi connectivity index (χ1v) is 7.59. The molecule has 0 bridgehead atoms. The van der Waals surface area contributed by atoms with Crippen LogP contribution in [0.4, 0.5) is 0 Å². The molecule has 1 aromatic rings. The van der Waals surface area contributed by atoms with Gasteiger partial charge in [0.2, 0.25) is 5.91 Å². The van der Waals surface area contributed by atoms with E-state index in [1.54, 1.807) is 23.4 Å². The summed E-state index contributed by atoms with van der Waals surface area (Å²) in [5.74, 6) is -0.591. The Morgan fingerprint density at radius 1 is 1.33 bits per heavy atom. The van der Waals surface area contributed by atoms with Crippen LogP contribution in [-0.4, -0.2) is 39.0 Å². The molecule has 5 nitrogen and oxygen atoms in total. The maximum absolute atomic E-state index is 12.6. The molecule has 112 valence electrons. The highest BCUT2D eigenvalue weighted by Gasteiger charge is 2.47. The summed E-state index contributed by atoms with van der Waals surface area (Å²) >= 11 is 0. The maximum atomic E-state index is 12.6. The van der Waals surface area contributed by atoms with Crippen molar-refractivity contribution in [2.45, 2.75) is 50.6 Å². The van der Waals surface area contributed by atoms with E-state index in [2.05, 4.69) is 4.98 Å². The molecule has 1 N–H and O–H groups in total. The van der Waals surface area contributed by atoms with Crippen molar-refractivity contribution in [3.63, 3.8) is 0 Å². The molecule has 21 heavy (non-hydrogen) atoms. The number of carboxylic acids is 1. The third-order valence-electron chi connectivity index (χ3n) is 4.74. The van der Waals surface area contributed by atoms with Gasteiger partial charge >= 0.3 is 5.97 Å². The number of rotatable bonds is 3. The van der Waals surface area contributed by atoms with Crippen LogP contribution in [0.5, 0.6) is 0 Å². The largest absolute Gasteiger partial charge is 0.480 e. The van der Waals surface area contributed by atoms with E-state index in [-0.39, 0.29) is 18.4 Å². The Balaban J connectivity index is 1.79. The molecule has 1 aliphatic carbocycles. The lowest BCUT2D eigenvalue weighted by atomic mass is 9.84. The molecule has 2 fully saturated rings. The molecule has 1 saturated carbocycles. The van der Waals surface area contributed by atoms with E-state index in [4.69, 9.17) is 0 Å². The van der Waals surface area contributed by atoms with Crippen molar-refractivity contribution in [2.75, 3.05) is 0 Å². The third-order valence-corrected chi connectivity index (χ3v) is 4.74. The summed E-state index contributed by atoms with van der Waals surface area (Å²) in [7, 11) is 0. The number of fused-ring (bicyclic) bond motifs is 1. The second-order valence-corrected chi connectivity index (χ2v) is 6.04. The highest BCUT2D eigenvalue weighted by Crippen LogP contribution is 2.40. The van der Waals surface area contributed by atoms with Crippen LogP contribution in [0.1, 0.15) is 37.7 Å². The monoisotopic (exact) mass is 288 g/mol. The predicted octanol–water partition coefficient (Wildman–Crippen LogP) is 1.87. The molecule has 1 amide bonds. The van der Waals surface area contributed by atoms with Gasteiger partial charge < -0.3 is 10.0 Å². The highest BCUT2D eigenvalue weighted by molar-refractivity contribution is 5.86. The molecular weight excluding hydrogens is 268 g/mol. The van der Waals surface area contributed by atoms with Crippen LogP contribution in [0.25, 0.3) is 0 Å². The molecule has 0 unspecified atom stereocenters. The molecule has 0 radical (unpaired) electrons. The lowest BCUT2D eigenvalue weighted by Crippen LogP contribution is -2.46. The molecule has 0 aromatic carbocycles. The Labute approximate surface area is 124 Å². The number of aromatic nitrogens is 1. The Bertz CT molecular complexity index is 532. The van der Waals surface area contributed by atoms with Crippen molar-refractivity contribution in [2.24, 2.45) is 5.92 Å².